The molecule has 0 bridgehead atoms. The van der Waals surface area contributed by atoms with E-state index in [0.717, 1.165) is 17.5 Å². The van der Waals surface area contributed by atoms with Crippen LogP contribution in [-0.4, -0.2) is 28.8 Å². The minimum atomic E-state index is -0.626. The van der Waals surface area contributed by atoms with Gasteiger partial charge in [-0.15, -0.1) is 0 Å². The van der Waals surface area contributed by atoms with Crippen molar-refractivity contribution in [3.8, 4) is 0 Å². The molecule has 31 heavy (non-hydrogen) atoms. The summed E-state index contributed by atoms with van der Waals surface area (Å²) in [5, 5.41) is 4.61. The van der Waals surface area contributed by atoms with Gasteiger partial charge in [0.05, 0.1) is 26.5 Å². The molecule has 0 aliphatic heterocycles. The van der Waals surface area contributed by atoms with Gasteiger partial charge in [0, 0.05) is 12.6 Å². The van der Waals surface area contributed by atoms with Crippen molar-refractivity contribution in [2.24, 2.45) is 0 Å². The number of benzene rings is 2. The van der Waals surface area contributed by atoms with Crippen LogP contribution in [0.4, 0.5) is 0 Å². The highest BCUT2D eigenvalue weighted by Crippen LogP contribution is 2.26. The van der Waals surface area contributed by atoms with Gasteiger partial charge in [-0.05, 0) is 55.2 Å². The van der Waals surface area contributed by atoms with Crippen molar-refractivity contribution in [2.75, 3.05) is 0 Å². The zero-order valence-corrected chi connectivity index (χ0v) is 20.7. The van der Waals surface area contributed by atoms with E-state index >= 15 is 0 Å². The Morgan fingerprint density at radius 2 is 1.42 bits per heavy atom. The second-order valence-electron chi connectivity index (χ2n) is 7.44. The number of nitrogens with one attached hydrogen (secondary N) is 1. The molecule has 0 spiro atoms. The van der Waals surface area contributed by atoms with E-state index in [1.54, 1.807) is 41.3 Å². The van der Waals surface area contributed by atoms with Gasteiger partial charge in [-0.3, -0.25) is 9.59 Å². The number of hydrogen-bond acceptors (Lipinski definition) is 2. The van der Waals surface area contributed by atoms with Crippen molar-refractivity contribution in [3.05, 3.63) is 67.6 Å². The molecule has 0 saturated heterocycles. The number of nitrogens with zero attached hydrogens (tertiary/aromatic N) is 1. The first-order chi connectivity index (χ1) is 14.7. The summed E-state index contributed by atoms with van der Waals surface area (Å²) in [6, 6.07) is 9.65. The van der Waals surface area contributed by atoms with E-state index in [0.29, 0.717) is 26.5 Å². The number of amides is 2. The minimum absolute atomic E-state index is 0.0125. The highest BCUT2D eigenvalue weighted by atomic mass is 35.5. The molecule has 2 rings (SSSR count). The normalized spacial score (nSPS) is 12.9. The van der Waals surface area contributed by atoms with Crippen LogP contribution < -0.4 is 5.32 Å². The summed E-state index contributed by atoms with van der Waals surface area (Å²) in [5.74, 6) is -0.380. The smallest absolute Gasteiger partial charge is 0.243 e. The predicted molar refractivity (Wildman–Crippen MR) is 129 cm³/mol. The number of halogens is 4. The van der Waals surface area contributed by atoms with Gasteiger partial charge in [-0.25, -0.2) is 0 Å². The number of hydrogen-bond donors (Lipinski definition) is 1. The van der Waals surface area contributed by atoms with Crippen molar-refractivity contribution in [1.82, 2.24) is 10.2 Å². The van der Waals surface area contributed by atoms with E-state index in [1.165, 1.54) is 0 Å². The molecule has 2 amide bonds. The molecule has 8 heteroatoms. The topological polar surface area (TPSA) is 49.4 Å². The third-order valence-corrected chi connectivity index (χ3v) is 6.54. The van der Waals surface area contributed by atoms with Crippen LogP contribution in [0.5, 0.6) is 0 Å². The summed E-state index contributed by atoms with van der Waals surface area (Å²) in [5.41, 5.74) is 1.50. The third kappa shape index (κ3) is 7.28. The zero-order chi connectivity index (χ0) is 23.1. The molecule has 0 fully saturated rings. The summed E-state index contributed by atoms with van der Waals surface area (Å²) in [6.07, 6.45) is 1.36. The Labute approximate surface area is 203 Å². The highest BCUT2D eigenvalue weighted by molar-refractivity contribution is 6.42. The van der Waals surface area contributed by atoms with Gasteiger partial charge in [0.1, 0.15) is 6.04 Å². The number of rotatable bonds is 9. The molecule has 2 atom stereocenters. The lowest BCUT2D eigenvalue weighted by Gasteiger charge is -2.31. The van der Waals surface area contributed by atoms with Crippen LogP contribution >= 0.6 is 46.4 Å². The summed E-state index contributed by atoms with van der Waals surface area (Å²) >= 11 is 24.3. The maximum Gasteiger partial charge on any atom is 0.243 e. The molecule has 2 aromatic rings. The Morgan fingerprint density at radius 3 is 1.94 bits per heavy atom. The lowest BCUT2D eigenvalue weighted by atomic mass is 10.1. The molecule has 168 valence electrons. The number of carbonyl (C=O) groups is 2. The molecule has 0 aromatic heterocycles. The first-order valence-corrected chi connectivity index (χ1v) is 11.6. The largest absolute Gasteiger partial charge is 0.352 e. The van der Waals surface area contributed by atoms with E-state index in [-0.39, 0.29) is 30.8 Å². The van der Waals surface area contributed by atoms with Crippen molar-refractivity contribution < 1.29 is 9.59 Å². The van der Waals surface area contributed by atoms with E-state index in [4.69, 9.17) is 46.4 Å². The molecule has 0 saturated carbocycles. The molecular formula is C23H26Cl4N2O2. The molecular weight excluding hydrogens is 478 g/mol. The molecule has 1 N–H and O–H groups in total. The summed E-state index contributed by atoms with van der Waals surface area (Å²) in [6.45, 7) is 6.04. The average molecular weight is 504 g/mol. The summed E-state index contributed by atoms with van der Waals surface area (Å²) in [4.78, 5) is 27.9. The van der Waals surface area contributed by atoms with Gasteiger partial charge in [-0.2, -0.15) is 0 Å². The van der Waals surface area contributed by atoms with E-state index in [1.807, 2.05) is 20.8 Å². The maximum absolute atomic E-state index is 13.3. The van der Waals surface area contributed by atoms with Gasteiger partial charge in [0.2, 0.25) is 11.8 Å². The molecule has 0 aliphatic carbocycles. The SMILES string of the molecule is CC[C@H](C)NC(=O)[C@H](CC)N(Cc1ccc(Cl)c(Cl)c1)C(=O)Cc1ccc(Cl)c(Cl)c1. The first kappa shape index (κ1) is 25.8. The molecule has 4 nitrogen and oxygen atoms in total. The second kappa shape index (κ2) is 12.0. The monoisotopic (exact) mass is 502 g/mol. The van der Waals surface area contributed by atoms with Crippen molar-refractivity contribution in [3.63, 3.8) is 0 Å². The van der Waals surface area contributed by atoms with E-state index in [2.05, 4.69) is 5.32 Å². The van der Waals surface area contributed by atoms with Gasteiger partial charge < -0.3 is 10.2 Å². The zero-order valence-electron chi connectivity index (χ0n) is 17.7. The van der Waals surface area contributed by atoms with Crippen molar-refractivity contribution in [2.45, 2.75) is 58.7 Å². The summed E-state index contributed by atoms with van der Waals surface area (Å²) in [7, 11) is 0. The molecule has 0 heterocycles. The van der Waals surface area contributed by atoms with Crippen LogP contribution in [0.1, 0.15) is 44.7 Å². The van der Waals surface area contributed by atoms with Gasteiger partial charge in [0.15, 0.2) is 0 Å². The Kier molecular flexibility index (Phi) is 9.95. The van der Waals surface area contributed by atoms with Crippen LogP contribution in [-0.2, 0) is 22.6 Å². The Hall–Kier alpha value is -1.46. The van der Waals surface area contributed by atoms with Gasteiger partial charge in [0.25, 0.3) is 0 Å². The van der Waals surface area contributed by atoms with Gasteiger partial charge in [-0.1, -0.05) is 72.4 Å². The maximum atomic E-state index is 13.3. The lowest BCUT2D eigenvalue weighted by molar-refractivity contribution is -0.141. The molecule has 0 radical (unpaired) electrons. The first-order valence-electron chi connectivity index (χ1n) is 10.1. The molecule has 2 aromatic carbocycles. The highest BCUT2D eigenvalue weighted by Gasteiger charge is 2.29. The molecule has 0 aliphatic rings. The van der Waals surface area contributed by atoms with Crippen LogP contribution in [0.25, 0.3) is 0 Å². The number of carbonyl (C=O) groups excluding carboxylic acids is 2. The second-order valence-corrected chi connectivity index (χ2v) is 9.07. The van der Waals surface area contributed by atoms with Crippen LogP contribution in [0.2, 0.25) is 20.1 Å². The molecule has 0 unspecified atom stereocenters. The fraction of sp³-hybridized carbons (Fsp3) is 0.391. The van der Waals surface area contributed by atoms with E-state index in [9.17, 15) is 9.59 Å². The van der Waals surface area contributed by atoms with Crippen molar-refractivity contribution >= 4 is 58.2 Å². The summed E-state index contributed by atoms with van der Waals surface area (Å²) < 4.78 is 0. The standard InChI is InChI=1S/C23H26Cl4N2O2/c1-4-14(3)28-23(31)21(5-2)29(13-16-7-9-18(25)20(27)11-16)22(30)12-15-6-8-17(24)19(26)10-15/h6-11,14,21H,4-5,12-13H2,1-3H3,(H,28,31)/t14-,21-/m0/s1. The fourth-order valence-electron chi connectivity index (χ4n) is 3.12. The minimum Gasteiger partial charge on any atom is -0.352 e. The van der Waals surface area contributed by atoms with E-state index < -0.39 is 6.04 Å². The third-order valence-electron chi connectivity index (χ3n) is 5.06. The Balaban J connectivity index is 2.34. The van der Waals surface area contributed by atoms with Crippen LogP contribution in [0.15, 0.2) is 36.4 Å². The Bertz CT molecular complexity index is 936. The Morgan fingerprint density at radius 1 is 0.871 bits per heavy atom. The average Bonchev–Trinajstić information content (AvgIpc) is 2.72. The fourth-order valence-corrected chi connectivity index (χ4v) is 3.76. The van der Waals surface area contributed by atoms with Crippen LogP contribution in [0, 0.1) is 0 Å². The van der Waals surface area contributed by atoms with Crippen LogP contribution in [0.3, 0.4) is 0 Å². The van der Waals surface area contributed by atoms with Gasteiger partial charge >= 0.3 is 0 Å². The predicted octanol–water partition coefficient (Wildman–Crippen LogP) is 6.56. The quantitative estimate of drug-likeness (QED) is 0.421. The van der Waals surface area contributed by atoms with Crippen molar-refractivity contribution in [1.29, 1.82) is 0 Å². The lowest BCUT2D eigenvalue weighted by Crippen LogP contribution is -2.51.